The molecule has 1 aromatic heterocycles. The Bertz CT molecular complexity index is 1270. The number of aliphatic hydroxyl groups is 1. The number of nitrogens with zero attached hydrogens (tertiary/aromatic N) is 1. The average Bonchev–Trinajstić information content (AvgIpc) is 2.82. The first kappa shape index (κ1) is 27.2. The zero-order chi connectivity index (χ0) is 26.4. The van der Waals surface area contributed by atoms with E-state index in [0.29, 0.717) is 8.95 Å². The van der Waals surface area contributed by atoms with Gasteiger partial charge in [-0.3, -0.25) is 24.2 Å². The summed E-state index contributed by atoms with van der Waals surface area (Å²) in [6.07, 6.45) is 0.0198. The molecule has 3 rings (SSSR count). The molecule has 2 aromatic rings. The van der Waals surface area contributed by atoms with Crippen LogP contribution in [0.1, 0.15) is 28.4 Å². The van der Waals surface area contributed by atoms with Gasteiger partial charge in [0, 0.05) is 22.8 Å². The van der Waals surface area contributed by atoms with Crippen molar-refractivity contribution in [3.63, 3.8) is 0 Å². The molecule has 2 heterocycles. The number of carboxylic acid groups (broad SMARTS) is 1. The molecule has 0 saturated heterocycles. The lowest BCUT2D eigenvalue weighted by molar-refractivity contribution is -0.137. The maximum absolute atomic E-state index is 12.6. The number of aromatic amines is 1. The van der Waals surface area contributed by atoms with Gasteiger partial charge in [0.25, 0.3) is 11.5 Å². The van der Waals surface area contributed by atoms with Crippen LogP contribution in [-0.4, -0.2) is 69.8 Å². The van der Waals surface area contributed by atoms with Crippen molar-refractivity contribution < 1.29 is 29.7 Å². The number of β-amino-alcohol motifs (C(OH)–C–C–N with tert-alkyl or cyclic N) is 1. The lowest BCUT2D eigenvalue weighted by Crippen LogP contribution is -2.43. The number of amides is 2. The van der Waals surface area contributed by atoms with Gasteiger partial charge in [0.15, 0.2) is 5.96 Å². The van der Waals surface area contributed by atoms with E-state index in [4.69, 9.17) is 0 Å². The molecular formula is C21H22Br2N6O7. The summed E-state index contributed by atoms with van der Waals surface area (Å²) in [6.45, 7) is -0.102. The van der Waals surface area contributed by atoms with E-state index < -0.39 is 48.5 Å². The van der Waals surface area contributed by atoms with Crippen LogP contribution in [0.3, 0.4) is 0 Å². The molecule has 8 N–H and O–H groups in total. The van der Waals surface area contributed by atoms with Crippen molar-refractivity contribution in [2.24, 2.45) is 4.99 Å². The zero-order valence-electron chi connectivity index (χ0n) is 18.5. The summed E-state index contributed by atoms with van der Waals surface area (Å²) in [5.41, 5.74) is -0.290. The minimum Gasteiger partial charge on any atom is -0.506 e. The van der Waals surface area contributed by atoms with Crippen molar-refractivity contribution in [2.45, 2.75) is 18.6 Å². The van der Waals surface area contributed by atoms with E-state index in [9.17, 15) is 34.5 Å². The third kappa shape index (κ3) is 7.29. The molecule has 1 aliphatic heterocycles. The van der Waals surface area contributed by atoms with E-state index in [2.05, 4.69) is 63.1 Å². The minimum atomic E-state index is -1.21. The number of carboxylic acids is 1. The van der Waals surface area contributed by atoms with Crippen molar-refractivity contribution in [3.8, 4) is 5.75 Å². The molecule has 15 heteroatoms. The Hall–Kier alpha value is -3.43. The van der Waals surface area contributed by atoms with Crippen molar-refractivity contribution >= 4 is 61.3 Å². The molecule has 0 spiro atoms. The number of H-pyrrole nitrogens is 1. The summed E-state index contributed by atoms with van der Waals surface area (Å²) in [5.74, 6) is -2.56. The highest BCUT2D eigenvalue weighted by molar-refractivity contribution is 9.11. The smallest absolute Gasteiger partial charge is 0.305 e. The second-order valence-electron chi connectivity index (χ2n) is 7.71. The lowest BCUT2D eigenvalue weighted by Gasteiger charge is -2.20. The predicted octanol–water partition coefficient (Wildman–Crippen LogP) is 0.400. The Morgan fingerprint density at radius 3 is 2.64 bits per heavy atom. The van der Waals surface area contributed by atoms with Crippen LogP contribution in [0.25, 0.3) is 0 Å². The van der Waals surface area contributed by atoms with E-state index >= 15 is 0 Å². The summed E-state index contributed by atoms with van der Waals surface area (Å²) < 4.78 is 0.853. The second kappa shape index (κ2) is 12.0. The van der Waals surface area contributed by atoms with Gasteiger partial charge in [0.1, 0.15) is 11.4 Å². The molecule has 0 aliphatic carbocycles. The van der Waals surface area contributed by atoms with Gasteiger partial charge in [-0.25, -0.2) is 0 Å². The summed E-state index contributed by atoms with van der Waals surface area (Å²) in [4.78, 5) is 54.9. The number of benzene rings is 1. The van der Waals surface area contributed by atoms with Gasteiger partial charge in [-0.15, -0.1) is 0 Å². The number of nitrogens with one attached hydrogen (secondary N) is 5. The molecule has 2 unspecified atom stereocenters. The van der Waals surface area contributed by atoms with Crippen LogP contribution in [0.15, 0.2) is 43.1 Å². The standard InChI is InChI=1S/C21H22Br2N6O7/c22-10-2-12(18(34)13(23)3-10)14(4-17(32)33)28-16(31)8-25-19(35)9-1-15(20(36)24-5-9)29-21-26-6-11(30)7-27-21/h1-3,5,11,14,30,34H,4,6-8H2,(H,24,36)(H,25,35)(H,28,31)(H,32,33)(H2,26,27,29). The number of anilines is 1. The number of rotatable bonds is 8. The van der Waals surface area contributed by atoms with Crippen LogP contribution in [-0.2, 0) is 9.59 Å². The Morgan fingerprint density at radius 1 is 1.22 bits per heavy atom. The fourth-order valence-corrected chi connectivity index (χ4v) is 4.48. The molecule has 13 nitrogen and oxygen atoms in total. The average molecular weight is 630 g/mol. The molecule has 2 atom stereocenters. The Morgan fingerprint density at radius 2 is 1.97 bits per heavy atom. The maximum atomic E-state index is 12.6. The van der Waals surface area contributed by atoms with Crippen molar-refractivity contribution in [1.29, 1.82) is 0 Å². The highest BCUT2D eigenvalue weighted by Gasteiger charge is 2.23. The molecule has 2 amide bonds. The van der Waals surface area contributed by atoms with Gasteiger partial charge < -0.3 is 41.6 Å². The second-order valence-corrected chi connectivity index (χ2v) is 9.48. The van der Waals surface area contributed by atoms with Gasteiger partial charge in [-0.05, 0) is 34.1 Å². The van der Waals surface area contributed by atoms with Crippen LogP contribution >= 0.6 is 31.9 Å². The van der Waals surface area contributed by atoms with Gasteiger partial charge in [0.2, 0.25) is 5.91 Å². The minimum absolute atomic E-state index is 0.0203. The number of hydrogen-bond acceptors (Lipinski definition) is 9. The van der Waals surface area contributed by atoms with Crippen molar-refractivity contribution in [1.82, 2.24) is 20.9 Å². The molecule has 1 aliphatic rings. The number of aliphatic carboxylic acids is 1. The Balaban J connectivity index is 1.66. The van der Waals surface area contributed by atoms with E-state index in [1.54, 1.807) is 6.07 Å². The molecule has 0 saturated carbocycles. The third-order valence-corrected chi connectivity index (χ3v) is 6.00. The normalized spacial score (nSPS) is 15.8. The SMILES string of the molecule is O=C(O)CC(NC(=O)CNC(=O)c1c[nH]c(=O)c(NC2=NCC(O)CN2)c1)c1cc(Br)cc(Br)c1O. The third-order valence-electron chi connectivity index (χ3n) is 4.94. The van der Waals surface area contributed by atoms with Gasteiger partial charge >= 0.3 is 5.97 Å². The topological polar surface area (TPSA) is 205 Å². The maximum Gasteiger partial charge on any atom is 0.305 e. The van der Waals surface area contributed by atoms with Crippen LogP contribution in [0.2, 0.25) is 0 Å². The number of carbonyl (C=O) groups excluding carboxylic acids is 2. The molecular weight excluding hydrogens is 608 g/mol. The molecule has 0 fully saturated rings. The van der Waals surface area contributed by atoms with E-state index in [0.717, 1.165) is 0 Å². The van der Waals surface area contributed by atoms with Gasteiger partial charge in [-0.2, -0.15) is 0 Å². The van der Waals surface area contributed by atoms with E-state index in [1.165, 1.54) is 18.3 Å². The van der Waals surface area contributed by atoms with Gasteiger partial charge in [0.05, 0.1) is 41.7 Å². The fourth-order valence-electron chi connectivity index (χ4n) is 3.22. The molecule has 36 heavy (non-hydrogen) atoms. The number of aliphatic hydroxyl groups excluding tert-OH is 1. The number of carbonyl (C=O) groups is 3. The van der Waals surface area contributed by atoms with Crippen LogP contribution < -0.4 is 26.8 Å². The first-order chi connectivity index (χ1) is 17.0. The number of aliphatic imine (C=N–C) groups is 1. The predicted molar refractivity (Wildman–Crippen MR) is 136 cm³/mol. The van der Waals surface area contributed by atoms with Crippen LogP contribution in [0.4, 0.5) is 5.69 Å². The molecule has 192 valence electrons. The largest absolute Gasteiger partial charge is 0.506 e. The number of aromatic hydroxyl groups is 1. The Kier molecular flexibility index (Phi) is 9.06. The monoisotopic (exact) mass is 628 g/mol. The van der Waals surface area contributed by atoms with Crippen molar-refractivity contribution in [3.05, 3.63) is 54.8 Å². The number of pyridine rings is 1. The van der Waals surface area contributed by atoms with Gasteiger partial charge in [-0.1, -0.05) is 15.9 Å². The molecule has 0 bridgehead atoms. The van der Waals surface area contributed by atoms with Crippen LogP contribution in [0, 0.1) is 0 Å². The quantitative estimate of drug-likeness (QED) is 0.203. The summed E-state index contributed by atoms with van der Waals surface area (Å²) >= 11 is 6.43. The summed E-state index contributed by atoms with van der Waals surface area (Å²) in [5, 5.41) is 39.5. The highest BCUT2D eigenvalue weighted by Crippen LogP contribution is 2.36. The fraction of sp³-hybridized carbons (Fsp3) is 0.286. The first-order valence-electron chi connectivity index (χ1n) is 10.5. The number of hydrogen-bond donors (Lipinski definition) is 8. The zero-order valence-corrected chi connectivity index (χ0v) is 21.6. The van der Waals surface area contributed by atoms with E-state index in [-0.39, 0.29) is 41.6 Å². The summed E-state index contributed by atoms with van der Waals surface area (Å²) in [7, 11) is 0. The van der Waals surface area contributed by atoms with Crippen molar-refractivity contribution in [2.75, 3.05) is 25.0 Å². The Labute approximate surface area is 220 Å². The van der Waals surface area contributed by atoms with E-state index in [1.807, 2.05) is 0 Å². The number of aromatic nitrogens is 1. The number of phenolic OH excluding ortho intramolecular Hbond substituents is 1. The summed E-state index contributed by atoms with van der Waals surface area (Å²) in [6, 6.07) is 3.23. The molecule has 0 radical (unpaired) electrons. The first-order valence-corrected chi connectivity index (χ1v) is 12.1. The number of guanidine groups is 1. The molecule has 1 aromatic carbocycles. The lowest BCUT2D eigenvalue weighted by atomic mass is 10.0. The number of halogens is 2. The van der Waals surface area contributed by atoms with Crippen LogP contribution in [0.5, 0.6) is 5.75 Å². The highest BCUT2D eigenvalue weighted by atomic mass is 79.9. The number of phenols is 1.